The van der Waals surface area contributed by atoms with Gasteiger partial charge in [-0.25, -0.2) is 0 Å². The lowest BCUT2D eigenvalue weighted by atomic mass is 9.97. The van der Waals surface area contributed by atoms with Crippen molar-refractivity contribution < 1.29 is 14.7 Å². The van der Waals surface area contributed by atoms with E-state index in [1.54, 1.807) is 0 Å². The van der Waals surface area contributed by atoms with E-state index in [1.807, 2.05) is 0 Å². The molecule has 0 aliphatic carbocycles. The van der Waals surface area contributed by atoms with Gasteiger partial charge >= 0.3 is 5.97 Å². The van der Waals surface area contributed by atoms with Crippen molar-refractivity contribution in [1.82, 2.24) is 0 Å². The van der Waals surface area contributed by atoms with Gasteiger partial charge in [-0.1, -0.05) is 32.6 Å². The summed E-state index contributed by atoms with van der Waals surface area (Å²) in [6.07, 6.45) is 6.91. The van der Waals surface area contributed by atoms with E-state index in [0.29, 0.717) is 6.42 Å². The molecule has 0 saturated heterocycles. The topological polar surface area (TPSA) is 54.4 Å². The first-order chi connectivity index (χ1) is 6.70. The van der Waals surface area contributed by atoms with Crippen molar-refractivity contribution >= 4 is 12.3 Å². The Bertz CT molecular complexity index is 166. The van der Waals surface area contributed by atoms with E-state index in [2.05, 4.69) is 6.92 Å². The van der Waals surface area contributed by atoms with Crippen LogP contribution in [0, 0.1) is 5.92 Å². The molecule has 0 aromatic carbocycles. The van der Waals surface area contributed by atoms with Gasteiger partial charge in [0.2, 0.25) is 0 Å². The van der Waals surface area contributed by atoms with Gasteiger partial charge in [0.05, 0.1) is 0 Å². The Kier molecular flexibility index (Phi) is 8.19. The lowest BCUT2D eigenvalue weighted by Gasteiger charge is -2.07. The average Bonchev–Trinajstić information content (AvgIpc) is 2.16. The third-order valence-corrected chi connectivity index (χ3v) is 2.35. The molecule has 1 atom stereocenters. The number of hydrogen-bond acceptors (Lipinski definition) is 2. The highest BCUT2D eigenvalue weighted by Crippen LogP contribution is 2.14. The monoisotopic (exact) mass is 200 g/mol. The van der Waals surface area contributed by atoms with Crippen LogP contribution < -0.4 is 0 Å². The van der Waals surface area contributed by atoms with Crippen LogP contribution in [-0.4, -0.2) is 17.4 Å². The molecule has 0 heterocycles. The maximum absolute atomic E-state index is 10.6. The van der Waals surface area contributed by atoms with Crippen molar-refractivity contribution in [3.8, 4) is 0 Å². The van der Waals surface area contributed by atoms with Gasteiger partial charge in [0.15, 0.2) is 0 Å². The van der Waals surface area contributed by atoms with Gasteiger partial charge in [-0.05, 0) is 12.8 Å². The van der Waals surface area contributed by atoms with Crippen molar-refractivity contribution in [2.75, 3.05) is 0 Å². The molecule has 0 bridgehead atoms. The van der Waals surface area contributed by atoms with Crippen LogP contribution in [0.1, 0.15) is 51.9 Å². The van der Waals surface area contributed by atoms with E-state index in [-0.39, 0.29) is 12.3 Å². The first-order valence-electron chi connectivity index (χ1n) is 5.37. The van der Waals surface area contributed by atoms with Crippen LogP contribution in [0.4, 0.5) is 0 Å². The van der Waals surface area contributed by atoms with Gasteiger partial charge in [-0.3, -0.25) is 4.79 Å². The summed E-state index contributed by atoms with van der Waals surface area (Å²) in [5, 5.41) is 8.45. The highest BCUT2D eigenvalue weighted by Gasteiger charge is 2.08. The second-order valence-electron chi connectivity index (χ2n) is 3.68. The van der Waals surface area contributed by atoms with Gasteiger partial charge in [0.1, 0.15) is 6.29 Å². The van der Waals surface area contributed by atoms with Crippen LogP contribution in [0.2, 0.25) is 0 Å². The Balaban J connectivity index is 3.47. The summed E-state index contributed by atoms with van der Waals surface area (Å²) in [4.78, 5) is 20.9. The molecule has 0 aliphatic heterocycles. The molecule has 1 N–H and O–H groups in total. The summed E-state index contributed by atoms with van der Waals surface area (Å²) in [6, 6.07) is 0. The van der Waals surface area contributed by atoms with E-state index < -0.39 is 5.97 Å². The zero-order valence-corrected chi connectivity index (χ0v) is 8.87. The number of carboxylic acids is 1. The predicted octanol–water partition coefficient (Wildman–Crippen LogP) is 2.64. The zero-order valence-electron chi connectivity index (χ0n) is 8.87. The van der Waals surface area contributed by atoms with Crippen LogP contribution >= 0.6 is 0 Å². The van der Waals surface area contributed by atoms with Crippen LogP contribution in [0.5, 0.6) is 0 Å². The molecule has 0 aromatic rings. The Morgan fingerprint density at radius 2 is 2.00 bits per heavy atom. The smallest absolute Gasteiger partial charge is 0.303 e. The number of aliphatic carboxylic acids is 1. The standard InChI is InChI=1S/C11H20O3/c1-2-3-4-5-6-10(9-12)7-8-11(13)14/h9-10H,2-8H2,1H3,(H,13,14). The molecule has 0 aliphatic rings. The Hall–Kier alpha value is -0.860. The van der Waals surface area contributed by atoms with Crippen molar-refractivity contribution in [2.45, 2.75) is 51.9 Å². The molecule has 0 aromatic heterocycles. The van der Waals surface area contributed by atoms with E-state index in [4.69, 9.17) is 5.11 Å². The summed E-state index contributed by atoms with van der Waals surface area (Å²) in [5.41, 5.74) is 0. The summed E-state index contributed by atoms with van der Waals surface area (Å²) in [7, 11) is 0. The summed E-state index contributed by atoms with van der Waals surface area (Å²) < 4.78 is 0. The van der Waals surface area contributed by atoms with Crippen molar-refractivity contribution in [1.29, 1.82) is 0 Å². The molecule has 1 unspecified atom stereocenters. The van der Waals surface area contributed by atoms with E-state index in [0.717, 1.165) is 25.5 Å². The van der Waals surface area contributed by atoms with Gasteiger partial charge in [0, 0.05) is 12.3 Å². The molecule has 3 heteroatoms. The summed E-state index contributed by atoms with van der Waals surface area (Å²) >= 11 is 0. The Labute approximate surface area is 85.5 Å². The SMILES string of the molecule is CCCCCCC(C=O)CCC(=O)O. The number of rotatable bonds is 9. The lowest BCUT2D eigenvalue weighted by molar-refractivity contribution is -0.137. The summed E-state index contributed by atoms with van der Waals surface area (Å²) in [5.74, 6) is -0.867. The fraction of sp³-hybridized carbons (Fsp3) is 0.818. The number of hydrogen-bond donors (Lipinski definition) is 1. The number of carboxylic acid groups (broad SMARTS) is 1. The molecule has 0 rings (SSSR count). The van der Waals surface area contributed by atoms with Gasteiger partial charge in [-0.2, -0.15) is 0 Å². The van der Waals surface area contributed by atoms with Crippen molar-refractivity contribution in [3.05, 3.63) is 0 Å². The highest BCUT2D eigenvalue weighted by molar-refractivity contribution is 5.67. The third kappa shape index (κ3) is 7.77. The van der Waals surface area contributed by atoms with Crippen molar-refractivity contribution in [3.63, 3.8) is 0 Å². The fourth-order valence-corrected chi connectivity index (χ4v) is 1.42. The first kappa shape index (κ1) is 13.1. The number of carbonyl (C=O) groups is 2. The van der Waals surface area contributed by atoms with Crippen molar-refractivity contribution in [2.24, 2.45) is 5.92 Å². The molecule has 82 valence electrons. The zero-order chi connectivity index (χ0) is 10.8. The largest absolute Gasteiger partial charge is 0.481 e. The maximum Gasteiger partial charge on any atom is 0.303 e. The number of aldehydes is 1. The minimum Gasteiger partial charge on any atom is -0.481 e. The third-order valence-electron chi connectivity index (χ3n) is 2.35. The highest BCUT2D eigenvalue weighted by atomic mass is 16.4. The maximum atomic E-state index is 10.6. The normalized spacial score (nSPS) is 12.4. The molecular formula is C11H20O3. The van der Waals surface area contributed by atoms with E-state index in [9.17, 15) is 9.59 Å². The number of unbranched alkanes of at least 4 members (excludes halogenated alkanes) is 3. The minimum absolute atomic E-state index is 0.0528. The average molecular weight is 200 g/mol. The van der Waals surface area contributed by atoms with Crippen LogP contribution in [0.15, 0.2) is 0 Å². The quantitative estimate of drug-likeness (QED) is 0.460. The molecule has 14 heavy (non-hydrogen) atoms. The van der Waals surface area contributed by atoms with E-state index in [1.165, 1.54) is 12.8 Å². The lowest BCUT2D eigenvalue weighted by Crippen LogP contribution is -2.05. The molecule has 0 amide bonds. The Morgan fingerprint density at radius 1 is 1.29 bits per heavy atom. The molecule has 3 nitrogen and oxygen atoms in total. The summed E-state index contributed by atoms with van der Waals surface area (Å²) in [6.45, 7) is 2.14. The number of carbonyl (C=O) groups excluding carboxylic acids is 1. The van der Waals surface area contributed by atoms with E-state index >= 15 is 0 Å². The minimum atomic E-state index is -0.814. The molecular weight excluding hydrogens is 180 g/mol. The fourth-order valence-electron chi connectivity index (χ4n) is 1.42. The van der Waals surface area contributed by atoms with Gasteiger partial charge in [-0.15, -0.1) is 0 Å². The van der Waals surface area contributed by atoms with Crippen LogP contribution in [0.3, 0.4) is 0 Å². The molecule has 0 fully saturated rings. The second kappa shape index (κ2) is 8.73. The van der Waals surface area contributed by atoms with Crippen LogP contribution in [-0.2, 0) is 9.59 Å². The Morgan fingerprint density at radius 3 is 2.50 bits per heavy atom. The predicted molar refractivity (Wildman–Crippen MR) is 55.2 cm³/mol. The van der Waals surface area contributed by atoms with Gasteiger partial charge < -0.3 is 9.90 Å². The molecule has 0 radical (unpaired) electrons. The second-order valence-corrected chi connectivity index (χ2v) is 3.68. The molecule has 0 saturated carbocycles. The van der Waals surface area contributed by atoms with Crippen LogP contribution in [0.25, 0.3) is 0 Å². The molecule has 0 spiro atoms. The first-order valence-corrected chi connectivity index (χ1v) is 5.37. The van der Waals surface area contributed by atoms with Gasteiger partial charge in [0.25, 0.3) is 0 Å².